The highest BCUT2D eigenvalue weighted by Gasteiger charge is 2.20. The lowest BCUT2D eigenvalue weighted by atomic mass is 10.0. The van der Waals surface area contributed by atoms with Crippen LogP contribution >= 0.6 is 0 Å². The molecule has 6 nitrogen and oxygen atoms in total. The van der Waals surface area contributed by atoms with Crippen LogP contribution in [0, 0.1) is 6.92 Å². The Morgan fingerprint density at radius 3 is 2.38 bits per heavy atom. The number of nitrogens with one attached hydrogen (secondary N) is 1. The first-order chi connectivity index (χ1) is 14.1. The van der Waals surface area contributed by atoms with Gasteiger partial charge in [-0.1, -0.05) is 0 Å². The van der Waals surface area contributed by atoms with Crippen LogP contribution in [-0.4, -0.2) is 23.8 Å². The highest BCUT2D eigenvalue weighted by molar-refractivity contribution is 6.11. The maximum absolute atomic E-state index is 12.9. The number of furan rings is 1. The Kier molecular flexibility index (Phi) is 4.83. The number of carbonyl (C=O) groups excluding carboxylic acids is 2. The summed E-state index contributed by atoms with van der Waals surface area (Å²) in [6, 6.07) is 15.5. The molecule has 29 heavy (non-hydrogen) atoms. The molecule has 4 aromatic rings. The molecule has 4 rings (SSSR count). The minimum Gasteiger partial charge on any atom is -0.497 e. The van der Waals surface area contributed by atoms with E-state index in [0.717, 1.165) is 10.9 Å². The fourth-order valence-electron chi connectivity index (χ4n) is 3.10. The molecule has 0 aliphatic carbocycles. The number of hydrogen-bond acceptors (Lipinski definition) is 5. The molecule has 0 bridgehead atoms. The molecule has 0 spiro atoms. The van der Waals surface area contributed by atoms with Gasteiger partial charge in [0.15, 0.2) is 5.76 Å². The number of ether oxygens (including phenoxy) is 1. The van der Waals surface area contributed by atoms with E-state index in [1.165, 1.54) is 0 Å². The smallest absolute Gasteiger partial charge is 0.255 e. The van der Waals surface area contributed by atoms with Crippen LogP contribution in [0.2, 0.25) is 0 Å². The number of hydrogen-bond donors (Lipinski definition) is 1. The number of amides is 1. The summed E-state index contributed by atoms with van der Waals surface area (Å²) in [5.74, 6) is 0.508. The lowest BCUT2D eigenvalue weighted by Crippen LogP contribution is -2.11. The van der Waals surface area contributed by atoms with E-state index >= 15 is 0 Å². The first-order valence-corrected chi connectivity index (χ1v) is 9.00. The van der Waals surface area contributed by atoms with Crippen molar-refractivity contribution in [1.29, 1.82) is 0 Å². The zero-order valence-electron chi connectivity index (χ0n) is 15.9. The van der Waals surface area contributed by atoms with Crippen LogP contribution in [0.25, 0.3) is 11.0 Å². The molecule has 0 saturated heterocycles. The van der Waals surface area contributed by atoms with Crippen LogP contribution in [0.15, 0.2) is 71.4 Å². The molecule has 1 N–H and O–H groups in total. The van der Waals surface area contributed by atoms with Crippen molar-refractivity contribution in [3.8, 4) is 5.75 Å². The van der Waals surface area contributed by atoms with E-state index in [9.17, 15) is 9.59 Å². The lowest BCUT2D eigenvalue weighted by Gasteiger charge is -2.04. The maximum Gasteiger partial charge on any atom is 0.255 e. The zero-order chi connectivity index (χ0) is 20.4. The van der Waals surface area contributed by atoms with E-state index in [0.29, 0.717) is 28.1 Å². The van der Waals surface area contributed by atoms with Crippen molar-refractivity contribution in [3.05, 3.63) is 89.4 Å². The number of fused-ring (bicyclic) bond motifs is 1. The summed E-state index contributed by atoms with van der Waals surface area (Å²) in [4.78, 5) is 29.1. The number of ketones is 1. The topological polar surface area (TPSA) is 81.4 Å². The van der Waals surface area contributed by atoms with Crippen LogP contribution in [-0.2, 0) is 0 Å². The van der Waals surface area contributed by atoms with Crippen molar-refractivity contribution in [3.63, 3.8) is 0 Å². The Bertz CT molecular complexity index is 1200. The van der Waals surface area contributed by atoms with E-state index in [1.54, 1.807) is 68.0 Å². The monoisotopic (exact) mass is 386 g/mol. The van der Waals surface area contributed by atoms with Gasteiger partial charge in [-0.15, -0.1) is 0 Å². The summed E-state index contributed by atoms with van der Waals surface area (Å²) in [5, 5.41) is 3.65. The Labute approximate surface area is 167 Å². The van der Waals surface area contributed by atoms with Gasteiger partial charge in [0.05, 0.1) is 7.11 Å². The molecule has 0 radical (unpaired) electrons. The summed E-state index contributed by atoms with van der Waals surface area (Å²) in [6.07, 6.45) is 3.12. The molecule has 144 valence electrons. The molecule has 0 saturated carbocycles. The van der Waals surface area contributed by atoms with Crippen molar-refractivity contribution in [2.24, 2.45) is 0 Å². The van der Waals surface area contributed by atoms with Gasteiger partial charge in [0.25, 0.3) is 5.91 Å². The largest absolute Gasteiger partial charge is 0.497 e. The van der Waals surface area contributed by atoms with Gasteiger partial charge in [-0.2, -0.15) is 0 Å². The van der Waals surface area contributed by atoms with Gasteiger partial charge in [0.2, 0.25) is 5.78 Å². The summed E-state index contributed by atoms with van der Waals surface area (Å²) < 4.78 is 11.0. The van der Waals surface area contributed by atoms with Crippen molar-refractivity contribution >= 4 is 28.3 Å². The Morgan fingerprint density at radius 1 is 0.966 bits per heavy atom. The zero-order valence-corrected chi connectivity index (χ0v) is 15.9. The van der Waals surface area contributed by atoms with Gasteiger partial charge in [0, 0.05) is 46.2 Å². The van der Waals surface area contributed by atoms with Crippen LogP contribution in [0.1, 0.15) is 32.0 Å². The average molecular weight is 386 g/mol. The maximum atomic E-state index is 12.9. The summed E-state index contributed by atoms with van der Waals surface area (Å²) in [7, 11) is 1.57. The number of anilines is 1. The van der Waals surface area contributed by atoms with E-state index in [-0.39, 0.29) is 17.5 Å². The fourth-order valence-corrected chi connectivity index (χ4v) is 3.10. The van der Waals surface area contributed by atoms with Crippen LogP contribution in [0.5, 0.6) is 5.75 Å². The third-order valence-corrected chi connectivity index (χ3v) is 4.70. The third-order valence-electron chi connectivity index (χ3n) is 4.70. The molecule has 6 heteroatoms. The molecule has 2 aromatic carbocycles. The van der Waals surface area contributed by atoms with Crippen LogP contribution < -0.4 is 10.1 Å². The third kappa shape index (κ3) is 3.60. The van der Waals surface area contributed by atoms with E-state index < -0.39 is 0 Å². The number of benzene rings is 2. The normalized spacial score (nSPS) is 10.7. The summed E-state index contributed by atoms with van der Waals surface area (Å²) in [5.41, 5.74) is 2.89. The molecule has 0 atom stereocenters. The highest BCUT2D eigenvalue weighted by Crippen LogP contribution is 2.29. The molecule has 2 aromatic heterocycles. The molecule has 0 fully saturated rings. The fraction of sp³-hybridized carbons (Fsp3) is 0.0870. The quantitative estimate of drug-likeness (QED) is 0.506. The summed E-state index contributed by atoms with van der Waals surface area (Å²) in [6.45, 7) is 1.85. The van der Waals surface area contributed by atoms with Crippen LogP contribution in [0.3, 0.4) is 0 Å². The average Bonchev–Trinajstić information content (AvgIpc) is 3.09. The van der Waals surface area contributed by atoms with Gasteiger partial charge in [-0.3, -0.25) is 14.6 Å². The molecule has 1 amide bonds. The van der Waals surface area contributed by atoms with E-state index in [2.05, 4.69) is 10.3 Å². The standard InChI is InChI=1S/C23H18N2O4/c1-14-19-8-5-17(25-23(27)16-9-11-24-12-10-16)13-20(19)29-22(14)21(26)15-3-6-18(28-2)7-4-15/h3-13H,1-2H3,(H,25,27). The lowest BCUT2D eigenvalue weighted by molar-refractivity contribution is 0.101. The number of nitrogens with zero attached hydrogens (tertiary/aromatic N) is 1. The number of carbonyl (C=O) groups is 2. The number of aryl methyl sites for hydroxylation is 1. The molecule has 0 aliphatic heterocycles. The number of methoxy groups -OCH3 is 1. The van der Waals surface area contributed by atoms with Gasteiger partial charge in [-0.05, 0) is 55.5 Å². The predicted molar refractivity (Wildman–Crippen MR) is 110 cm³/mol. The van der Waals surface area contributed by atoms with Crippen molar-refractivity contribution < 1.29 is 18.7 Å². The predicted octanol–water partition coefficient (Wildman–Crippen LogP) is 4.63. The van der Waals surface area contributed by atoms with E-state index in [1.807, 2.05) is 13.0 Å². The first kappa shape index (κ1) is 18.4. The highest BCUT2D eigenvalue weighted by atomic mass is 16.5. The van der Waals surface area contributed by atoms with Gasteiger partial charge in [0.1, 0.15) is 11.3 Å². The van der Waals surface area contributed by atoms with Gasteiger partial charge in [-0.25, -0.2) is 0 Å². The number of rotatable bonds is 5. The van der Waals surface area contributed by atoms with E-state index in [4.69, 9.17) is 9.15 Å². The minimum atomic E-state index is -0.246. The number of pyridine rings is 1. The second kappa shape index (κ2) is 7.59. The summed E-state index contributed by atoms with van der Waals surface area (Å²) >= 11 is 0. The first-order valence-electron chi connectivity index (χ1n) is 9.00. The van der Waals surface area contributed by atoms with Crippen LogP contribution in [0.4, 0.5) is 5.69 Å². The minimum absolute atomic E-state index is 0.205. The molecular weight excluding hydrogens is 368 g/mol. The Hall–Kier alpha value is -3.93. The van der Waals surface area contributed by atoms with Crippen molar-refractivity contribution in [2.75, 3.05) is 12.4 Å². The Morgan fingerprint density at radius 2 is 1.69 bits per heavy atom. The van der Waals surface area contributed by atoms with Crippen molar-refractivity contribution in [2.45, 2.75) is 6.92 Å². The van der Waals surface area contributed by atoms with Crippen molar-refractivity contribution in [1.82, 2.24) is 4.98 Å². The Balaban J connectivity index is 1.63. The molecule has 2 heterocycles. The molecule has 0 aliphatic rings. The molecular formula is C23H18N2O4. The number of aromatic nitrogens is 1. The SMILES string of the molecule is COc1ccc(C(=O)c2oc3cc(NC(=O)c4ccncc4)ccc3c2C)cc1. The second-order valence-electron chi connectivity index (χ2n) is 6.51. The van der Waals surface area contributed by atoms with Gasteiger partial charge >= 0.3 is 0 Å². The molecule has 0 unspecified atom stereocenters. The second-order valence-corrected chi connectivity index (χ2v) is 6.51. The van der Waals surface area contributed by atoms with Gasteiger partial charge < -0.3 is 14.5 Å².